The van der Waals surface area contributed by atoms with Crippen LogP contribution in [0.2, 0.25) is 0 Å². The van der Waals surface area contributed by atoms with Gasteiger partial charge in [0, 0.05) is 38.3 Å². The highest BCUT2D eigenvalue weighted by Gasteiger charge is 2.17. The van der Waals surface area contributed by atoms with Gasteiger partial charge in [0.2, 0.25) is 17.7 Å². The maximum absolute atomic E-state index is 13.1. The molecule has 1 aliphatic rings. The maximum Gasteiger partial charge on any atom is 0.223 e. The molecule has 3 aromatic rings. The van der Waals surface area contributed by atoms with Gasteiger partial charge in [-0.25, -0.2) is 0 Å². The lowest BCUT2D eigenvalue weighted by Crippen LogP contribution is -2.34. The molecule has 0 fully saturated rings. The largest absolute Gasteiger partial charge is 0.491 e. The second-order valence-corrected chi connectivity index (χ2v) is 9.07. The number of hydrogen-bond donors (Lipinski definition) is 0. The van der Waals surface area contributed by atoms with Crippen molar-refractivity contribution in [1.82, 2.24) is 15.1 Å². The fourth-order valence-electron chi connectivity index (χ4n) is 4.02. The minimum Gasteiger partial charge on any atom is -0.491 e. The highest BCUT2D eigenvalue weighted by molar-refractivity contribution is 5.76. The number of amides is 1. The Hall–Kier alpha value is -3.19. The van der Waals surface area contributed by atoms with Gasteiger partial charge in [-0.05, 0) is 29.7 Å². The molecule has 180 valence electrons. The number of aryl methyl sites for hydroxylation is 2. The van der Waals surface area contributed by atoms with Crippen LogP contribution in [-0.2, 0) is 28.9 Å². The summed E-state index contributed by atoms with van der Waals surface area (Å²) in [6, 6.07) is 14.7. The minimum atomic E-state index is 0.0441. The molecule has 0 N–H and O–H groups in total. The molecule has 7 nitrogen and oxygen atoms in total. The quantitative estimate of drug-likeness (QED) is 0.568. The van der Waals surface area contributed by atoms with E-state index in [4.69, 9.17) is 13.9 Å². The molecule has 0 spiro atoms. The summed E-state index contributed by atoms with van der Waals surface area (Å²) < 4.78 is 17.5. The Morgan fingerprint density at radius 1 is 1.06 bits per heavy atom. The Labute approximate surface area is 201 Å². The van der Waals surface area contributed by atoms with Crippen molar-refractivity contribution in [3.63, 3.8) is 0 Å². The van der Waals surface area contributed by atoms with Crippen molar-refractivity contribution in [2.75, 3.05) is 26.4 Å². The van der Waals surface area contributed by atoms with Crippen molar-refractivity contribution in [2.45, 2.75) is 52.5 Å². The third kappa shape index (κ3) is 6.44. The highest BCUT2D eigenvalue weighted by atomic mass is 16.5. The average molecular weight is 464 g/mol. The first-order valence-corrected chi connectivity index (χ1v) is 12.0. The van der Waals surface area contributed by atoms with Gasteiger partial charge in [-0.1, -0.05) is 55.8 Å². The van der Waals surface area contributed by atoms with Gasteiger partial charge in [0.05, 0.1) is 13.2 Å². The lowest BCUT2D eigenvalue weighted by molar-refractivity contribution is -0.132. The second kappa shape index (κ2) is 11.3. The zero-order chi connectivity index (χ0) is 23.9. The molecule has 0 atom stereocenters. The van der Waals surface area contributed by atoms with Crippen LogP contribution in [0.4, 0.5) is 0 Å². The minimum absolute atomic E-state index is 0.0441. The van der Waals surface area contributed by atoms with Crippen LogP contribution < -0.4 is 4.74 Å². The molecule has 0 saturated carbocycles. The molecule has 1 aromatic heterocycles. The fourth-order valence-corrected chi connectivity index (χ4v) is 4.02. The number of benzene rings is 2. The highest BCUT2D eigenvalue weighted by Crippen LogP contribution is 2.24. The van der Waals surface area contributed by atoms with E-state index in [1.807, 2.05) is 24.8 Å². The molecule has 4 rings (SSSR count). The van der Waals surface area contributed by atoms with Crippen LogP contribution >= 0.6 is 0 Å². The molecule has 1 amide bonds. The summed E-state index contributed by atoms with van der Waals surface area (Å²) in [6.45, 7) is 8.54. The molecule has 2 aromatic carbocycles. The monoisotopic (exact) mass is 463 g/mol. The lowest BCUT2D eigenvalue weighted by Gasteiger charge is -2.23. The average Bonchev–Trinajstić information content (AvgIpc) is 3.29. The van der Waals surface area contributed by atoms with Gasteiger partial charge >= 0.3 is 0 Å². The normalized spacial score (nSPS) is 14.9. The summed E-state index contributed by atoms with van der Waals surface area (Å²) in [6.07, 6.45) is 1.52. The Balaban J connectivity index is 1.48. The van der Waals surface area contributed by atoms with E-state index >= 15 is 0 Å². The molecule has 0 aliphatic carbocycles. The second-order valence-electron chi connectivity index (χ2n) is 9.07. The van der Waals surface area contributed by atoms with Crippen molar-refractivity contribution in [2.24, 2.45) is 0 Å². The van der Waals surface area contributed by atoms with Crippen LogP contribution in [0.25, 0.3) is 0 Å². The zero-order valence-corrected chi connectivity index (χ0v) is 20.3. The topological polar surface area (TPSA) is 77.7 Å². The predicted molar refractivity (Wildman–Crippen MR) is 129 cm³/mol. The van der Waals surface area contributed by atoms with Gasteiger partial charge in [-0.15, -0.1) is 10.2 Å². The van der Waals surface area contributed by atoms with Crippen LogP contribution in [0.15, 0.2) is 46.9 Å². The number of carbonyl (C=O) groups excluding carboxylic acids is 1. The third-order valence-corrected chi connectivity index (χ3v) is 5.85. The fraction of sp³-hybridized carbons (Fsp3) is 0.444. The van der Waals surface area contributed by atoms with E-state index in [2.05, 4.69) is 53.5 Å². The first kappa shape index (κ1) is 24.0. The van der Waals surface area contributed by atoms with Crippen LogP contribution in [0, 0.1) is 6.92 Å². The van der Waals surface area contributed by atoms with E-state index in [0.717, 1.165) is 23.3 Å². The Morgan fingerprint density at radius 2 is 1.91 bits per heavy atom. The lowest BCUT2D eigenvalue weighted by atomic mass is 10.00. The van der Waals surface area contributed by atoms with Gasteiger partial charge in [-0.3, -0.25) is 4.79 Å². The number of hydrogen-bond acceptors (Lipinski definition) is 6. The summed E-state index contributed by atoms with van der Waals surface area (Å²) in [5.74, 6) is 2.22. The number of carbonyl (C=O) groups is 1. The van der Waals surface area contributed by atoms with Crippen LogP contribution in [-0.4, -0.2) is 47.4 Å². The molecule has 2 heterocycles. The Morgan fingerprint density at radius 3 is 2.74 bits per heavy atom. The molecule has 0 radical (unpaired) electrons. The molecule has 7 heteroatoms. The van der Waals surface area contributed by atoms with E-state index < -0.39 is 0 Å². The summed E-state index contributed by atoms with van der Waals surface area (Å²) in [4.78, 5) is 15.0. The molecule has 0 saturated heterocycles. The number of fused-ring (bicyclic) bond motifs is 3. The summed E-state index contributed by atoms with van der Waals surface area (Å²) in [5, 5.41) is 8.13. The van der Waals surface area contributed by atoms with Crippen molar-refractivity contribution in [3.8, 4) is 5.75 Å². The first-order chi connectivity index (χ1) is 16.5. The maximum atomic E-state index is 13.1. The first-order valence-electron chi connectivity index (χ1n) is 12.0. The van der Waals surface area contributed by atoms with Crippen molar-refractivity contribution < 1.29 is 18.7 Å². The van der Waals surface area contributed by atoms with Gasteiger partial charge in [-0.2, -0.15) is 0 Å². The summed E-state index contributed by atoms with van der Waals surface area (Å²) in [7, 11) is 0. The summed E-state index contributed by atoms with van der Waals surface area (Å²) in [5.41, 5.74) is 4.65. The van der Waals surface area contributed by atoms with E-state index in [9.17, 15) is 4.79 Å². The predicted octanol–water partition coefficient (Wildman–Crippen LogP) is 4.46. The van der Waals surface area contributed by atoms with Crippen molar-refractivity contribution in [3.05, 3.63) is 76.5 Å². The van der Waals surface area contributed by atoms with E-state index in [0.29, 0.717) is 57.5 Å². The third-order valence-electron chi connectivity index (χ3n) is 5.85. The van der Waals surface area contributed by atoms with Crippen molar-refractivity contribution >= 4 is 5.91 Å². The van der Waals surface area contributed by atoms with E-state index in [1.165, 1.54) is 11.1 Å². The van der Waals surface area contributed by atoms with E-state index in [1.54, 1.807) is 0 Å². The van der Waals surface area contributed by atoms with Gasteiger partial charge < -0.3 is 18.8 Å². The Kier molecular flexibility index (Phi) is 7.95. The number of nitrogens with zero attached hydrogens (tertiary/aromatic N) is 3. The number of ether oxygens (including phenoxy) is 2. The molecular weight excluding hydrogens is 430 g/mol. The standard InChI is InChI=1S/C27H33N3O4/c1-19(2)27-29-28-25(34-27)9-10-26(31)30-11-12-32-13-14-33-24-8-7-20(3)15-23(24)17-21-5-4-6-22(16-21)18-30/h4-8,15-16,19H,9-14,17-18H2,1-3H3. The van der Waals surface area contributed by atoms with Gasteiger partial charge in [0.15, 0.2) is 0 Å². The SMILES string of the molecule is Cc1ccc2c(c1)Cc1cccc(c1)CN(C(=O)CCc1nnc(C(C)C)o1)CCOCCO2. The molecule has 2 bridgehead atoms. The molecule has 34 heavy (non-hydrogen) atoms. The zero-order valence-electron chi connectivity index (χ0n) is 20.3. The van der Waals surface area contributed by atoms with Gasteiger partial charge in [0.25, 0.3) is 0 Å². The van der Waals surface area contributed by atoms with Crippen LogP contribution in [0.3, 0.4) is 0 Å². The van der Waals surface area contributed by atoms with Crippen LogP contribution in [0.1, 0.15) is 60.2 Å². The molecular formula is C27H33N3O4. The van der Waals surface area contributed by atoms with Crippen molar-refractivity contribution in [1.29, 1.82) is 0 Å². The molecule has 1 aliphatic heterocycles. The Bertz CT molecular complexity index is 1110. The smallest absolute Gasteiger partial charge is 0.223 e. The van der Waals surface area contributed by atoms with E-state index in [-0.39, 0.29) is 11.8 Å². The summed E-state index contributed by atoms with van der Waals surface area (Å²) >= 11 is 0. The number of aromatic nitrogens is 2. The van der Waals surface area contributed by atoms with Crippen LogP contribution in [0.5, 0.6) is 5.75 Å². The number of rotatable bonds is 4. The van der Waals surface area contributed by atoms with Gasteiger partial charge in [0.1, 0.15) is 12.4 Å². The molecule has 0 unspecified atom stereocenters.